The van der Waals surface area contributed by atoms with Crippen LogP contribution in [0.2, 0.25) is 0 Å². The number of hydrogen-bond donors (Lipinski definition) is 0. The summed E-state index contributed by atoms with van der Waals surface area (Å²) in [4.78, 5) is 12.4. The van der Waals surface area contributed by atoms with E-state index in [4.69, 9.17) is 9.47 Å². The van der Waals surface area contributed by atoms with Gasteiger partial charge in [-0.15, -0.1) is 0 Å². The molecular weight excluding hydrogens is 230 g/mol. The fraction of sp³-hybridized carbons (Fsp3) is 0.500. The predicted octanol–water partition coefficient (Wildman–Crippen LogP) is 1.95. The van der Waals surface area contributed by atoms with Crippen LogP contribution in [0.5, 0.6) is 11.5 Å². The molecule has 0 aliphatic carbocycles. The highest BCUT2D eigenvalue weighted by Crippen LogP contribution is 2.33. The van der Waals surface area contributed by atoms with Gasteiger partial charge in [-0.2, -0.15) is 0 Å². The number of methoxy groups -OCH3 is 2. The molecule has 0 fully saturated rings. The van der Waals surface area contributed by atoms with Gasteiger partial charge in [0, 0.05) is 12.1 Å². The van der Waals surface area contributed by atoms with Crippen molar-refractivity contribution in [2.24, 2.45) is 0 Å². The van der Waals surface area contributed by atoms with Crippen LogP contribution >= 0.6 is 0 Å². The number of likely N-dealkylation sites (N-methyl/N-ethyl adjacent to an activating group) is 1. The Hall–Kier alpha value is -1.55. The van der Waals surface area contributed by atoms with E-state index >= 15 is 0 Å². The first kappa shape index (κ1) is 14.5. The normalized spacial score (nSPS) is 10.6. The minimum atomic E-state index is 0.401. The molecule has 0 aliphatic heterocycles. The van der Waals surface area contributed by atoms with Gasteiger partial charge in [-0.25, -0.2) is 0 Å². The van der Waals surface area contributed by atoms with Crippen LogP contribution in [0.4, 0.5) is 0 Å². The van der Waals surface area contributed by atoms with Crippen molar-refractivity contribution < 1.29 is 14.3 Å². The molecule has 0 atom stereocenters. The summed E-state index contributed by atoms with van der Waals surface area (Å²) in [5, 5.41) is 0. The van der Waals surface area contributed by atoms with E-state index < -0.39 is 0 Å². The first-order valence-corrected chi connectivity index (χ1v) is 5.88. The topological polar surface area (TPSA) is 38.8 Å². The van der Waals surface area contributed by atoms with Gasteiger partial charge in [0.15, 0.2) is 0 Å². The van der Waals surface area contributed by atoms with Crippen LogP contribution in [0.15, 0.2) is 6.07 Å². The monoisotopic (exact) mass is 251 g/mol. The van der Waals surface area contributed by atoms with Gasteiger partial charge in [0.05, 0.1) is 20.8 Å². The maximum Gasteiger partial charge on any atom is 0.133 e. The predicted molar refractivity (Wildman–Crippen MR) is 71.4 cm³/mol. The third kappa shape index (κ3) is 3.01. The highest BCUT2D eigenvalue weighted by atomic mass is 16.5. The van der Waals surface area contributed by atoms with E-state index in [1.807, 2.05) is 31.9 Å². The second kappa shape index (κ2) is 6.40. The molecule has 1 aromatic rings. The lowest BCUT2D eigenvalue weighted by Gasteiger charge is -2.20. The zero-order chi connectivity index (χ0) is 13.7. The van der Waals surface area contributed by atoms with Gasteiger partial charge in [0.1, 0.15) is 17.8 Å². The molecule has 4 heteroatoms. The third-order valence-electron chi connectivity index (χ3n) is 3.12. The van der Waals surface area contributed by atoms with Crippen molar-refractivity contribution in [3.8, 4) is 11.5 Å². The Labute approximate surface area is 108 Å². The lowest BCUT2D eigenvalue weighted by atomic mass is 10.0. The summed E-state index contributed by atoms with van der Waals surface area (Å²) in [6, 6.07) is 1.97. The minimum absolute atomic E-state index is 0.401. The van der Waals surface area contributed by atoms with Crippen LogP contribution < -0.4 is 9.47 Å². The SMILES string of the molecule is COc1cc(CN(C)CC=O)c(OC)c(C)c1C. The van der Waals surface area contributed by atoms with Gasteiger partial charge in [-0.3, -0.25) is 4.90 Å². The summed E-state index contributed by atoms with van der Waals surface area (Å²) in [5.41, 5.74) is 3.18. The summed E-state index contributed by atoms with van der Waals surface area (Å²) in [7, 11) is 5.22. The van der Waals surface area contributed by atoms with Crippen molar-refractivity contribution in [2.75, 3.05) is 27.8 Å². The first-order chi connectivity index (χ1) is 8.54. The Morgan fingerprint density at radius 1 is 1.22 bits per heavy atom. The van der Waals surface area contributed by atoms with Gasteiger partial charge >= 0.3 is 0 Å². The molecule has 100 valence electrons. The lowest BCUT2D eigenvalue weighted by molar-refractivity contribution is -0.108. The van der Waals surface area contributed by atoms with E-state index in [9.17, 15) is 4.79 Å². The molecule has 0 amide bonds. The van der Waals surface area contributed by atoms with Crippen LogP contribution in [0.1, 0.15) is 16.7 Å². The van der Waals surface area contributed by atoms with Gasteiger partial charge < -0.3 is 14.3 Å². The highest BCUT2D eigenvalue weighted by molar-refractivity contribution is 5.54. The zero-order valence-electron chi connectivity index (χ0n) is 11.7. The van der Waals surface area contributed by atoms with Gasteiger partial charge in [0.2, 0.25) is 0 Å². The molecule has 0 spiro atoms. The smallest absolute Gasteiger partial charge is 0.133 e. The number of ether oxygens (including phenoxy) is 2. The molecule has 0 N–H and O–H groups in total. The van der Waals surface area contributed by atoms with E-state index in [0.717, 1.165) is 34.5 Å². The van der Waals surface area contributed by atoms with E-state index in [-0.39, 0.29) is 0 Å². The minimum Gasteiger partial charge on any atom is -0.496 e. The van der Waals surface area contributed by atoms with Crippen LogP contribution in [0.25, 0.3) is 0 Å². The number of aldehydes is 1. The number of rotatable bonds is 6. The molecule has 0 radical (unpaired) electrons. The molecule has 1 rings (SSSR count). The number of carbonyl (C=O) groups excluding carboxylic acids is 1. The Morgan fingerprint density at radius 2 is 1.89 bits per heavy atom. The molecule has 0 unspecified atom stereocenters. The van der Waals surface area contributed by atoms with Crippen molar-refractivity contribution in [3.63, 3.8) is 0 Å². The van der Waals surface area contributed by atoms with Crippen molar-refractivity contribution in [2.45, 2.75) is 20.4 Å². The van der Waals surface area contributed by atoms with Crippen LogP contribution in [-0.2, 0) is 11.3 Å². The van der Waals surface area contributed by atoms with E-state index in [1.165, 1.54) is 0 Å². The van der Waals surface area contributed by atoms with Gasteiger partial charge in [0.25, 0.3) is 0 Å². The summed E-state index contributed by atoms with van der Waals surface area (Å²) < 4.78 is 10.8. The Balaban J connectivity index is 3.16. The van der Waals surface area contributed by atoms with Crippen molar-refractivity contribution in [3.05, 3.63) is 22.8 Å². The summed E-state index contributed by atoms with van der Waals surface area (Å²) in [5.74, 6) is 1.72. The molecule has 0 saturated carbocycles. The third-order valence-corrected chi connectivity index (χ3v) is 3.12. The average Bonchev–Trinajstić information content (AvgIpc) is 2.34. The van der Waals surface area contributed by atoms with Gasteiger partial charge in [-0.05, 0) is 38.1 Å². The van der Waals surface area contributed by atoms with E-state index in [0.29, 0.717) is 13.1 Å². The fourth-order valence-electron chi connectivity index (χ4n) is 2.02. The lowest BCUT2D eigenvalue weighted by Crippen LogP contribution is -2.20. The number of hydrogen-bond acceptors (Lipinski definition) is 4. The highest BCUT2D eigenvalue weighted by Gasteiger charge is 2.14. The van der Waals surface area contributed by atoms with Crippen molar-refractivity contribution in [1.29, 1.82) is 0 Å². The molecule has 4 nitrogen and oxygen atoms in total. The largest absolute Gasteiger partial charge is 0.496 e. The molecular formula is C14H21NO3. The molecule has 0 aliphatic rings. The van der Waals surface area contributed by atoms with Gasteiger partial charge in [-0.1, -0.05) is 0 Å². The second-order valence-corrected chi connectivity index (χ2v) is 4.38. The summed E-state index contributed by atoms with van der Waals surface area (Å²) >= 11 is 0. The molecule has 0 heterocycles. The standard InChI is InChI=1S/C14H21NO3/c1-10-11(2)14(18-5)12(8-13(10)17-4)9-15(3)6-7-16/h7-8H,6,9H2,1-5H3. The Bertz CT molecular complexity index is 430. The van der Waals surface area contributed by atoms with Crippen LogP contribution in [0.3, 0.4) is 0 Å². The second-order valence-electron chi connectivity index (χ2n) is 4.38. The van der Waals surface area contributed by atoms with Crippen molar-refractivity contribution >= 4 is 6.29 Å². The maximum atomic E-state index is 10.5. The maximum absolute atomic E-state index is 10.5. The number of nitrogens with zero attached hydrogens (tertiary/aromatic N) is 1. The fourth-order valence-corrected chi connectivity index (χ4v) is 2.02. The first-order valence-electron chi connectivity index (χ1n) is 5.88. The average molecular weight is 251 g/mol. The Morgan fingerprint density at radius 3 is 2.39 bits per heavy atom. The summed E-state index contributed by atoms with van der Waals surface area (Å²) in [6.07, 6.45) is 0.894. The van der Waals surface area contributed by atoms with E-state index in [2.05, 4.69) is 0 Å². The Kier molecular flexibility index (Phi) is 5.16. The molecule has 18 heavy (non-hydrogen) atoms. The van der Waals surface area contributed by atoms with Crippen LogP contribution in [-0.4, -0.2) is 39.0 Å². The molecule has 1 aromatic carbocycles. The van der Waals surface area contributed by atoms with Crippen LogP contribution in [0, 0.1) is 13.8 Å². The number of benzene rings is 1. The van der Waals surface area contributed by atoms with E-state index in [1.54, 1.807) is 14.2 Å². The molecule has 0 bridgehead atoms. The molecule has 0 saturated heterocycles. The number of carbonyl (C=O) groups is 1. The quantitative estimate of drug-likeness (QED) is 0.724. The van der Waals surface area contributed by atoms with Crippen molar-refractivity contribution in [1.82, 2.24) is 4.90 Å². The zero-order valence-corrected chi connectivity index (χ0v) is 11.7. The summed E-state index contributed by atoms with van der Waals surface area (Å²) in [6.45, 7) is 5.08. The molecule has 0 aromatic heterocycles.